The number of hydrogen-bond acceptors (Lipinski definition) is 4. The standard InChI is InChI=1S/C13H22N2O3S/c16-9-10-3-1-2-4-11(10)14-12(17)5-6-15-7-8-19-13(15)18/h10-11,16H,1-9H2,(H,14,17). The number of carbonyl (C=O) groups excluding carboxylic acids is 2. The van der Waals surface area contributed by atoms with Crippen molar-refractivity contribution in [3.05, 3.63) is 0 Å². The molecule has 1 aliphatic carbocycles. The van der Waals surface area contributed by atoms with Gasteiger partial charge in [-0.3, -0.25) is 9.59 Å². The Morgan fingerprint density at radius 2 is 2.21 bits per heavy atom. The number of nitrogens with one attached hydrogen (secondary N) is 1. The average molecular weight is 286 g/mol. The van der Waals surface area contributed by atoms with Crippen molar-refractivity contribution in [3.63, 3.8) is 0 Å². The maximum Gasteiger partial charge on any atom is 0.281 e. The van der Waals surface area contributed by atoms with E-state index in [0.29, 0.717) is 13.0 Å². The molecule has 0 spiro atoms. The van der Waals surface area contributed by atoms with Crippen LogP contribution in [-0.4, -0.2) is 52.6 Å². The number of aliphatic hydroxyl groups is 1. The van der Waals surface area contributed by atoms with E-state index in [9.17, 15) is 14.7 Å². The van der Waals surface area contributed by atoms with E-state index >= 15 is 0 Å². The molecule has 2 atom stereocenters. The molecule has 2 rings (SSSR count). The highest BCUT2D eigenvalue weighted by molar-refractivity contribution is 8.13. The van der Waals surface area contributed by atoms with Gasteiger partial charge in [0.15, 0.2) is 0 Å². The zero-order valence-electron chi connectivity index (χ0n) is 11.1. The molecule has 1 aliphatic heterocycles. The van der Waals surface area contributed by atoms with Gasteiger partial charge in [-0.2, -0.15) is 0 Å². The molecule has 108 valence electrons. The molecule has 2 amide bonds. The molecular weight excluding hydrogens is 264 g/mol. The van der Waals surface area contributed by atoms with Gasteiger partial charge in [0.1, 0.15) is 0 Å². The lowest BCUT2D eigenvalue weighted by molar-refractivity contribution is -0.122. The van der Waals surface area contributed by atoms with Crippen molar-refractivity contribution in [1.29, 1.82) is 0 Å². The van der Waals surface area contributed by atoms with Crippen molar-refractivity contribution in [1.82, 2.24) is 10.2 Å². The van der Waals surface area contributed by atoms with Crippen LogP contribution >= 0.6 is 11.8 Å². The lowest BCUT2D eigenvalue weighted by Gasteiger charge is -2.31. The van der Waals surface area contributed by atoms with E-state index in [0.717, 1.165) is 38.0 Å². The van der Waals surface area contributed by atoms with Crippen molar-refractivity contribution in [2.24, 2.45) is 5.92 Å². The Balaban J connectivity index is 1.72. The first-order chi connectivity index (χ1) is 9.20. The average Bonchev–Trinajstić information content (AvgIpc) is 2.82. The molecule has 0 radical (unpaired) electrons. The number of nitrogens with zero attached hydrogens (tertiary/aromatic N) is 1. The molecule has 2 N–H and O–H groups in total. The first kappa shape index (κ1) is 14.7. The number of carbonyl (C=O) groups is 2. The Hall–Kier alpha value is -0.750. The van der Waals surface area contributed by atoms with Crippen LogP contribution in [0.5, 0.6) is 0 Å². The SMILES string of the molecule is O=C(CCN1CCSC1=O)NC1CCCCC1CO. The summed E-state index contributed by atoms with van der Waals surface area (Å²) in [6.07, 6.45) is 4.55. The minimum atomic E-state index is -0.00458. The predicted molar refractivity (Wildman–Crippen MR) is 75.0 cm³/mol. The van der Waals surface area contributed by atoms with Gasteiger partial charge < -0.3 is 15.3 Å². The minimum Gasteiger partial charge on any atom is -0.396 e. The molecule has 0 aromatic carbocycles. The lowest BCUT2D eigenvalue weighted by Crippen LogP contribution is -2.44. The summed E-state index contributed by atoms with van der Waals surface area (Å²) in [4.78, 5) is 25.0. The fourth-order valence-corrected chi connectivity index (χ4v) is 3.61. The van der Waals surface area contributed by atoms with Crippen molar-refractivity contribution < 1.29 is 14.7 Å². The van der Waals surface area contributed by atoms with Crippen molar-refractivity contribution >= 4 is 22.9 Å². The molecule has 2 fully saturated rings. The third-order valence-corrected chi connectivity index (χ3v) is 4.84. The zero-order valence-corrected chi connectivity index (χ0v) is 12.0. The third kappa shape index (κ3) is 4.11. The summed E-state index contributed by atoms with van der Waals surface area (Å²) in [5.41, 5.74) is 0. The Kier molecular flexibility index (Phi) is 5.51. The van der Waals surface area contributed by atoms with Crippen LogP contribution in [0.3, 0.4) is 0 Å². The van der Waals surface area contributed by atoms with Gasteiger partial charge in [0.2, 0.25) is 5.91 Å². The van der Waals surface area contributed by atoms with Crippen molar-refractivity contribution in [2.45, 2.75) is 38.1 Å². The molecule has 6 heteroatoms. The smallest absolute Gasteiger partial charge is 0.281 e. The van der Waals surface area contributed by atoms with Gasteiger partial charge in [0.25, 0.3) is 5.24 Å². The highest BCUT2D eigenvalue weighted by Gasteiger charge is 2.26. The summed E-state index contributed by atoms with van der Waals surface area (Å²) in [7, 11) is 0. The number of aliphatic hydroxyl groups excluding tert-OH is 1. The molecule has 0 aromatic rings. The van der Waals surface area contributed by atoms with Crippen molar-refractivity contribution in [2.75, 3.05) is 25.4 Å². The first-order valence-corrected chi connectivity index (χ1v) is 8.01. The molecule has 2 aliphatic rings. The number of amides is 2. The van der Waals surface area contributed by atoms with E-state index in [2.05, 4.69) is 5.32 Å². The number of thioether (sulfide) groups is 1. The van der Waals surface area contributed by atoms with E-state index in [4.69, 9.17) is 0 Å². The Labute approximate surface area is 118 Å². The van der Waals surface area contributed by atoms with Gasteiger partial charge in [-0.25, -0.2) is 0 Å². The summed E-state index contributed by atoms with van der Waals surface area (Å²) >= 11 is 1.32. The van der Waals surface area contributed by atoms with Crippen molar-refractivity contribution in [3.8, 4) is 0 Å². The quantitative estimate of drug-likeness (QED) is 0.797. The molecule has 2 unspecified atom stereocenters. The van der Waals surface area contributed by atoms with Crippen LogP contribution in [0.25, 0.3) is 0 Å². The van der Waals surface area contributed by atoms with Gasteiger partial charge >= 0.3 is 0 Å². The molecule has 0 aromatic heterocycles. The van der Waals surface area contributed by atoms with Gasteiger partial charge in [-0.05, 0) is 12.8 Å². The molecule has 1 saturated heterocycles. The fraction of sp³-hybridized carbons (Fsp3) is 0.846. The van der Waals surface area contributed by atoms with Crippen LogP contribution in [-0.2, 0) is 4.79 Å². The molecule has 0 bridgehead atoms. The van der Waals surface area contributed by atoms with Gasteiger partial charge in [-0.1, -0.05) is 24.6 Å². The lowest BCUT2D eigenvalue weighted by atomic mass is 9.85. The summed E-state index contributed by atoms with van der Waals surface area (Å²) in [5.74, 6) is 1.02. The van der Waals surface area contributed by atoms with E-state index in [1.165, 1.54) is 11.8 Å². The van der Waals surface area contributed by atoms with Crippen LogP contribution in [0.1, 0.15) is 32.1 Å². The van der Waals surface area contributed by atoms with Crippen LogP contribution < -0.4 is 5.32 Å². The molecule has 5 nitrogen and oxygen atoms in total. The molecular formula is C13H22N2O3S. The first-order valence-electron chi connectivity index (χ1n) is 7.02. The second kappa shape index (κ2) is 7.14. The maximum absolute atomic E-state index is 11.9. The van der Waals surface area contributed by atoms with Gasteiger partial charge in [-0.15, -0.1) is 0 Å². The van der Waals surface area contributed by atoms with E-state index < -0.39 is 0 Å². The largest absolute Gasteiger partial charge is 0.396 e. The van der Waals surface area contributed by atoms with Crippen LogP contribution in [0.4, 0.5) is 4.79 Å². The van der Waals surface area contributed by atoms with E-state index in [1.807, 2.05) is 0 Å². The Morgan fingerprint density at radius 3 is 2.89 bits per heavy atom. The topological polar surface area (TPSA) is 69.6 Å². The highest BCUT2D eigenvalue weighted by atomic mass is 32.2. The van der Waals surface area contributed by atoms with Crippen LogP contribution in [0.2, 0.25) is 0 Å². The second-order valence-electron chi connectivity index (χ2n) is 5.25. The number of rotatable bonds is 5. The Morgan fingerprint density at radius 1 is 1.42 bits per heavy atom. The van der Waals surface area contributed by atoms with E-state index in [1.54, 1.807) is 4.90 Å². The highest BCUT2D eigenvalue weighted by Crippen LogP contribution is 2.24. The van der Waals surface area contributed by atoms with Crippen LogP contribution in [0, 0.1) is 5.92 Å². The summed E-state index contributed by atoms with van der Waals surface area (Å²) in [6, 6.07) is 0.106. The van der Waals surface area contributed by atoms with Gasteiger partial charge in [0, 0.05) is 43.8 Å². The van der Waals surface area contributed by atoms with E-state index in [-0.39, 0.29) is 29.7 Å². The fourth-order valence-electron chi connectivity index (χ4n) is 2.76. The monoisotopic (exact) mass is 286 g/mol. The zero-order chi connectivity index (χ0) is 13.7. The van der Waals surface area contributed by atoms with Gasteiger partial charge in [0.05, 0.1) is 0 Å². The minimum absolute atomic E-state index is 0.00458. The summed E-state index contributed by atoms with van der Waals surface area (Å²) < 4.78 is 0. The number of hydrogen-bond donors (Lipinski definition) is 2. The normalized spacial score (nSPS) is 27.6. The molecule has 19 heavy (non-hydrogen) atoms. The maximum atomic E-state index is 11.9. The summed E-state index contributed by atoms with van der Waals surface area (Å²) in [5, 5.41) is 12.4. The summed E-state index contributed by atoms with van der Waals surface area (Å²) in [6.45, 7) is 1.40. The third-order valence-electron chi connectivity index (χ3n) is 3.94. The Bertz CT molecular complexity index is 338. The predicted octanol–water partition coefficient (Wildman–Crippen LogP) is 1.21. The molecule has 1 heterocycles. The molecule has 1 saturated carbocycles. The second-order valence-corrected chi connectivity index (χ2v) is 6.30. The van der Waals surface area contributed by atoms with Crippen LogP contribution in [0.15, 0.2) is 0 Å².